The number of rotatable bonds is 2. The molecular weight excluding hydrogens is 393 g/mol. The monoisotopic (exact) mass is 413 g/mol. The Labute approximate surface area is 154 Å². The summed E-state index contributed by atoms with van der Waals surface area (Å²) in [6.07, 6.45) is 0. The van der Waals surface area contributed by atoms with Crippen LogP contribution in [0.15, 0.2) is 60.7 Å². The first-order valence-corrected chi connectivity index (χ1v) is 11.4. The molecule has 3 aromatic carbocycles. The Bertz CT molecular complexity index is 1060. The van der Waals surface area contributed by atoms with Crippen LogP contribution in [0.5, 0.6) is 5.75 Å². The fourth-order valence-corrected chi connectivity index (χ4v) is 7.12. The molecule has 0 spiro atoms. The number of hydrogen-bond acceptors (Lipinski definition) is 4. The van der Waals surface area contributed by atoms with Crippen molar-refractivity contribution in [2.24, 2.45) is 0 Å². The summed E-state index contributed by atoms with van der Waals surface area (Å²) in [5.74, 6) is 0.693. The van der Waals surface area contributed by atoms with Crippen LogP contribution in [-0.4, -0.2) is 19.8 Å². The van der Waals surface area contributed by atoms with Gasteiger partial charge < -0.3 is 0 Å². The minimum atomic E-state index is -4.49. The van der Waals surface area contributed by atoms with Crippen molar-refractivity contribution >= 4 is 38.7 Å². The van der Waals surface area contributed by atoms with Crippen molar-refractivity contribution in [2.45, 2.75) is 13.8 Å². The second-order valence-electron chi connectivity index (χ2n) is 6.45. The number of methoxy groups -OCH3 is 1. The number of para-hydroxylation sites is 2. The van der Waals surface area contributed by atoms with Gasteiger partial charge in [-0.25, -0.2) is 0 Å². The predicted octanol–water partition coefficient (Wildman–Crippen LogP) is 3.51. The predicted molar refractivity (Wildman–Crippen MR) is 104 cm³/mol. The zero-order valence-corrected chi connectivity index (χ0v) is 16.6. The van der Waals surface area contributed by atoms with Crippen molar-refractivity contribution in [3.8, 4) is 5.75 Å². The first kappa shape index (κ1) is 16.8. The van der Waals surface area contributed by atoms with Crippen molar-refractivity contribution in [1.29, 1.82) is 0 Å². The van der Waals surface area contributed by atoms with E-state index < -0.39 is 12.7 Å². The van der Waals surface area contributed by atoms with Crippen LogP contribution in [-0.2, 0) is 7.67 Å². The summed E-state index contributed by atoms with van der Waals surface area (Å²) < 4.78 is 33.0. The van der Waals surface area contributed by atoms with Crippen LogP contribution in [0, 0.1) is 13.8 Å². The Hall–Kier alpha value is -2.62. The molecule has 0 saturated heterocycles. The molecule has 0 atom stereocenters. The number of fused-ring (bicyclic) bond motifs is 2. The first-order valence-electron chi connectivity index (χ1n) is 8.33. The second kappa shape index (κ2) is 5.97. The van der Waals surface area contributed by atoms with Crippen LogP contribution in [0.1, 0.15) is 11.1 Å². The summed E-state index contributed by atoms with van der Waals surface area (Å²) >= 11 is -4.49. The van der Waals surface area contributed by atoms with E-state index in [4.69, 9.17) is 4.74 Å². The van der Waals surface area contributed by atoms with Crippen LogP contribution < -0.4 is 18.6 Å². The average molecular weight is 412 g/mol. The first-order chi connectivity index (χ1) is 12.4. The Morgan fingerprint density at radius 3 is 1.85 bits per heavy atom. The van der Waals surface area contributed by atoms with Crippen LogP contribution >= 0.6 is 0 Å². The Morgan fingerprint density at radius 1 is 0.769 bits per heavy atom. The molecule has 0 radical (unpaired) electrons. The van der Waals surface area contributed by atoms with Gasteiger partial charge in [0, 0.05) is 0 Å². The Kier molecular flexibility index (Phi) is 3.87. The van der Waals surface area contributed by atoms with Crippen LogP contribution in [0.3, 0.4) is 0 Å². The van der Waals surface area contributed by atoms with Gasteiger partial charge in [-0.2, -0.15) is 0 Å². The van der Waals surface area contributed by atoms with Gasteiger partial charge in [0.15, 0.2) is 0 Å². The number of aryl methyl sites for hydroxylation is 2. The molecule has 0 bridgehead atoms. The molecule has 0 N–H and O–H groups in total. The maximum absolute atomic E-state index is 13.3. The van der Waals surface area contributed by atoms with Gasteiger partial charge >= 0.3 is 154 Å². The molecule has 0 amide bonds. The molecule has 0 aromatic heterocycles. The zero-order valence-electron chi connectivity index (χ0n) is 14.9. The van der Waals surface area contributed by atoms with Gasteiger partial charge in [0.1, 0.15) is 0 Å². The molecule has 0 fully saturated rings. The zero-order chi connectivity index (χ0) is 18.5. The molecule has 26 heavy (non-hydrogen) atoms. The molecule has 4 nitrogen and oxygen atoms in total. The van der Waals surface area contributed by atoms with E-state index in [0.29, 0.717) is 26.0 Å². The van der Waals surface area contributed by atoms with Crippen molar-refractivity contribution in [2.75, 3.05) is 12.0 Å². The van der Waals surface area contributed by atoms with Gasteiger partial charge in [-0.3, -0.25) is 0 Å². The number of ether oxygens (including phenoxy) is 1. The van der Waals surface area contributed by atoms with E-state index in [-0.39, 0.29) is 0 Å². The maximum atomic E-state index is 13.3. The molecular formula is C21H19NO3Se. The molecule has 0 saturated carbocycles. The molecule has 3 aromatic rings. The van der Waals surface area contributed by atoms with Gasteiger partial charge in [-0.1, -0.05) is 0 Å². The molecule has 0 unspecified atom stereocenters. The molecule has 0 aliphatic carbocycles. The van der Waals surface area contributed by atoms with E-state index in [9.17, 15) is 7.67 Å². The fraction of sp³-hybridized carbons (Fsp3) is 0.143. The van der Waals surface area contributed by atoms with E-state index in [0.717, 1.165) is 16.8 Å². The topological polar surface area (TPSA) is 46.6 Å². The quantitative estimate of drug-likeness (QED) is 0.473. The third kappa shape index (κ3) is 2.44. The van der Waals surface area contributed by atoms with Gasteiger partial charge in [0.2, 0.25) is 0 Å². The van der Waals surface area contributed by atoms with Crippen molar-refractivity contribution in [3.63, 3.8) is 0 Å². The van der Waals surface area contributed by atoms with E-state index in [1.807, 2.05) is 67.3 Å². The summed E-state index contributed by atoms with van der Waals surface area (Å²) in [6.45, 7) is 3.82. The van der Waals surface area contributed by atoms with E-state index >= 15 is 0 Å². The van der Waals surface area contributed by atoms with Gasteiger partial charge in [0.25, 0.3) is 0 Å². The van der Waals surface area contributed by atoms with E-state index in [1.54, 1.807) is 19.2 Å². The van der Waals surface area contributed by atoms with Gasteiger partial charge in [-0.05, 0) is 0 Å². The summed E-state index contributed by atoms with van der Waals surface area (Å²) in [7, 11) is 1.62. The molecule has 1 heterocycles. The summed E-state index contributed by atoms with van der Waals surface area (Å²) in [5, 5.41) is 0. The number of hydrogen-bond donors (Lipinski definition) is 0. The van der Waals surface area contributed by atoms with Crippen molar-refractivity contribution in [3.05, 3.63) is 71.8 Å². The minimum absolute atomic E-state index is 0.394. The third-order valence-electron chi connectivity index (χ3n) is 4.62. The second-order valence-corrected chi connectivity index (χ2v) is 10.4. The van der Waals surface area contributed by atoms with Crippen LogP contribution in [0.2, 0.25) is 0 Å². The number of anilines is 3. The molecule has 1 aliphatic heterocycles. The van der Waals surface area contributed by atoms with Crippen LogP contribution in [0.25, 0.3) is 0 Å². The third-order valence-corrected chi connectivity index (χ3v) is 8.42. The van der Waals surface area contributed by atoms with E-state index in [1.165, 1.54) is 0 Å². The van der Waals surface area contributed by atoms with Gasteiger partial charge in [0.05, 0.1) is 0 Å². The summed E-state index contributed by atoms with van der Waals surface area (Å²) in [5.41, 5.74) is 4.00. The van der Waals surface area contributed by atoms with Crippen molar-refractivity contribution in [1.82, 2.24) is 0 Å². The number of benzene rings is 3. The Morgan fingerprint density at radius 2 is 1.31 bits per heavy atom. The summed E-state index contributed by atoms with van der Waals surface area (Å²) in [4.78, 5) is 1.98. The standard InChI is InChI=1S/C21H19NO3Se/c1-14-8-10-17-20(12-14)26(23,24)21-13-15(2)9-11-18(21)22(17)16-6-4-5-7-19(16)25-3/h4-13H,1-3H3. The normalized spacial score (nSPS) is 14.5. The number of nitrogens with zero attached hydrogens (tertiary/aromatic N) is 1. The molecule has 1 aliphatic rings. The van der Waals surface area contributed by atoms with Crippen molar-refractivity contribution < 1.29 is 12.4 Å². The molecule has 132 valence electrons. The van der Waals surface area contributed by atoms with Crippen LogP contribution in [0.4, 0.5) is 17.1 Å². The molecule has 4 rings (SSSR count). The SMILES string of the molecule is COc1ccccc1N1c2ccc(C)cc2[Se](=O)(=O)c2cc(C)ccc21. The average Bonchev–Trinajstić information content (AvgIpc) is 2.63. The molecule has 5 heteroatoms. The van der Waals surface area contributed by atoms with Gasteiger partial charge in [-0.15, -0.1) is 0 Å². The Balaban J connectivity index is 2.11. The van der Waals surface area contributed by atoms with E-state index in [2.05, 4.69) is 0 Å². The summed E-state index contributed by atoms with van der Waals surface area (Å²) in [6, 6.07) is 18.8. The fourth-order valence-electron chi connectivity index (χ4n) is 3.36.